The van der Waals surface area contributed by atoms with Crippen LogP contribution in [0.15, 0.2) is 0 Å². The number of rotatable bonds is 2. The van der Waals surface area contributed by atoms with Gasteiger partial charge in [0.15, 0.2) is 0 Å². The van der Waals surface area contributed by atoms with Crippen molar-refractivity contribution in [2.45, 2.75) is 47.0 Å². The predicted molar refractivity (Wildman–Crippen MR) is 55.5 cm³/mol. The van der Waals surface area contributed by atoms with Crippen molar-refractivity contribution >= 4 is 4.73 Å². The van der Waals surface area contributed by atoms with Gasteiger partial charge in [0.1, 0.15) is 0 Å². The molecule has 3 unspecified atom stereocenters. The van der Waals surface area contributed by atoms with Crippen LogP contribution in [0.25, 0.3) is 0 Å². The maximum atomic E-state index is 2.69. The monoisotopic (exact) mass is 217 g/mol. The van der Waals surface area contributed by atoms with Crippen molar-refractivity contribution in [2.75, 3.05) is 0 Å². The van der Waals surface area contributed by atoms with E-state index in [1.165, 1.54) is 19.3 Å². The average Bonchev–Trinajstić information content (AvgIpc) is 2.45. The van der Waals surface area contributed by atoms with Gasteiger partial charge in [-0.15, -0.1) is 0 Å². The second kappa shape index (κ2) is 4.32. The van der Waals surface area contributed by atoms with Gasteiger partial charge in [0.05, 0.1) is 0 Å². The second-order valence-electron chi connectivity index (χ2n) is 5.44. The van der Waals surface area contributed by atoms with Gasteiger partial charge < -0.3 is 0 Å². The maximum absolute atomic E-state index is 2.69. The van der Waals surface area contributed by atoms with Gasteiger partial charge in [-0.05, 0) is 0 Å². The van der Waals surface area contributed by atoms with Crippen LogP contribution in [0.5, 0.6) is 0 Å². The SMILES string of the molecule is CCC1CCC(C(C)(C)C)C1[CH]=[V]. The summed E-state index contributed by atoms with van der Waals surface area (Å²) >= 11 is 2.69. The molecule has 1 saturated carbocycles. The molecule has 13 heavy (non-hydrogen) atoms. The van der Waals surface area contributed by atoms with E-state index in [4.69, 9.17) is 0 Å². The molecular formula is C12H22V. The van der Waals surface area contributed by atoms with E-state index in [0.29, 0.717) is 5.41 Å². The summed E-state index contributed by atoms with van der Waals surface area (Å²) < 4.78 is 2.39. The summed E-state index contributed by atoms with van der Waals surface area (Å²) in [6.07, 6.45) is 4.23. The molecule has 0 aromatic carbocycles. The van der Waals surface area contributed by atoms with Crippen LogP contribution in [-0.4, -0.2) is 4.73 Å². The Morgan fingerprint density at radius 2 is 1.92 bits per heavy atom. The van der Waals surface area contributed by atoms with E-state index < -0.39 is 0 Å². The Labute approximate surface area is 92.0 Å². The third-order valence-corrected chi connectivity index (χ3v) is 4.20. The fraction of sp³-hybridized carbons (Fsp3) is 0.917. The predicted octanol–water partition coefficient (Wildman–Crippen LogP) is 3.43. The molecule has 1 aliphatic rings. The van der Waals surface area contributed by atoms with E-state index in [0.717, 1.165) is 17.8 Å². The Hall–Kier alpha value is 0.454. The fourth-order valence-corrected chi connectivity index (χ4v) is 3.52. The Balaban J connectivity index is 2.73. The zero-order chi connectivity index (χ0) is 10.1. The Bertz CT molecular complexity index is 178. The molecule has 3 atom stereocenters. The van der Waals surface area contributed by atoms with Crippen molar-refractivity contribution in [3.05, 3.63) is 0 Å². The van der Waals surface area contributed by atoms with Gasteiger partial charge in [-0.25, -0.2) is 0 Å². The molecule has 75 valence electrons. The first kappa shape index (κ1) is 11.5. The van der Waals surface area contributed by atoms with E-state index >= 15 is 0 Å². The molecule has 0 amide bonds. The standard InChI is InChI=1S/C12H22.V/c1-6-10-7-8-11(9(10)2)12(3,4)5;/h2,9-11H,6-8H2,1,3-5H3;. The molecule has 1 aliphatic carbocycles. The van der Waals surface area contributed by atoms with E-state index in [9.17, 15) is 0 Å². The summed E-state index contributed by atoms with van der Waals surface area (Å²) in [5.41, 5.74) is 0.491. The normalized spacial score (nSPS) is 34.8. The van der Waals surface area contributed by atoms with Crippen LogP contribution >= 0.6 is 0 Å². The van der Waals surface area contributed by atoms with Gasteiger partial charge in [-0.2, -0.15) is 0 Å². The molecule has 1 rings (SSSR count). The van der Waals surface area contributed by atoms with Crippen molar-refractivity contribution in [3.63, 3.8) is 0 Å². The molecule has 0 saturated heterocycles. The molecule has 0 heterocycles. The number of hydrogen-bond donors (Lipinski definition) is 0. The fourth-order valence-electron chi connectivity index (χ4n) is 2.82. The van der Waals surface area contributed by atoms with Crippen molar-refractivity contribution in [3.8, 4) is 0 Å². The summed E-state index contributed by atoms with van der Waals surface area (Å²) in [5, 5.41) is 0. The van der Waals surface area contributed by atoms with Crippen molar-refractivity contribution in [1.29, 1.82) is 0 Å². The zero-order valence-electron chi connectivity index (χ0n) is 9.38. The first-order valence-corrected chi connectivity index (χ1v) is 6.29. The van der Waals surface area contributed by atoms with Gasteiger partial charge in [-0.1, -0.05) is 0 Å². The van der Waals surface area contributed by atoms with Gasteiger partial charge in [0.25, 0.3) is 0 Å². The summed E-state index contributed by atoms with van der Waals surface area (Å²) in [6.45, 7) is 9.50. The molecule has 0 aromatic heterocycles. The molecule has 1 fully saturated rings. The topological polar surface area (TPSA) is 0 Å². The first-order chi connectivity index (χ1) is 6.00. The molecule has 0 nitrogen and oxygen atoms in total. The van der Waals surface area contributed by atoms with Crippen LogP contribution in [0.1, 0.15) is 47.0 Å². The second-order valence-corrected chi connectivity index (χ2v) is 5.91. The Kier molecular flexibility index (Phi) is 3.83. The third kappa shape index (κ3) is 2.47. The minimum absolute atomic E-state index is 0.491. The molecule has 0 aliphatic heterocycles. The van der Waals surface area contributed by atoms with Crippen molar-refractivity contribution in [2.24, 2.45) is 23.2 Å². The minimum atomic E-state index is 0.491. The summed E-state index contributed by atoms with van der Waals surface area (Å²) in [7, 11) is 0. The van der Waals surface area contributed by atoms with Gasteiger partial charge in [0.2, 0.25) is 0 Å². The Morgan fingerprint density at radius 1 is 1.31 bits per heavy atom. The molecule has 1 heteroatoms. The summed E-state index contributed by atoms with van der Waals surface area (Å²) in [4.78, 5) is 0. The van der Waals surface area contributed by atoms with Crippen LogP contribution in [0, 0.1) is 23.2 Å². The van der Waals surface area contributed by atoms with E-state index in [2.05, 4.69) is 49.4 Å². The van der Waals surface area contributed by atoms with Crippen LogP contribution in [0.3, 0.4) is 0 Å². The third-order valence-electron chi connectivity index (χ3n) is 3.67. The molecule has 0 N–H and O–H groups in total. The van der Waals surface area contributed by atoms with E-state index in [-0.39, 0.29) is 0 Å². The van der Waals surface area contributed by atoms with Gasteiger partial charge in [-0.3, -0.25) is 0 Å². The summed E-state index contributed by atoms with van der Waals surface area (Å²) in [5.74, 6) is 2.71. The van der Waals surface area contributed by atoms with Crippen LogP contribution < -0.4 is 0 Å². The van der Waals surface area contributed by atoms with Crippen molar-refractivity contribution < 1.29 is 17.0 Å². The van der Waals surface area contributed by atoms with Gasteiger partial charge in [0, 0.05) is 0 Å². The van der Waals surface area contributed by atoms with E-state index in [1.807, 2.05) is 0 Å². The van der Waals surface area contributed by atoms with Gasteiger partial charge >= 0.3 is 91.8 Å². The van der Waals surface area contributed by atoms with Crippen LogP contribution in [0.4, 0.5) is 0 Å². The number of hydrogen-bond acceptors (Lipinski definition) is 0. The van der Waals surface area contributed by atoms with Crippen LogP contribution in [-0.2, 0) is 17.0 Å². The molecule has 0 bridgehead atoms. The average molecular weight is 217 g/mol. The Morgan fingerprint density at radius 3 is 2.31 bits per heavy atom. The van der Waals surface area contributed by atoms with E-state index in [1.54, 1.807) is 0 Å². The molecular weight excluding hydrogens is 195 g/mol. The quantitative estimate of drug-likeness (QED) is 0.664. The zero-order valence-corrected chi connectivity index (χ0v) is 10.8. The summed E-state index contributed by atoms with van der Waals surface area (Å²) in [6, 6.07) is 0. The first-order valence-electron chi connectivity index (χ1n) is 5.48. The molecule has 0 aromatic rings. The molecule has 0 spiro atoms. The van der Waals surface area contributed by atoms with Crippen molar-refractivity contribution in [1.82, 2.24) is 0 Å². The molecule has 0 radical (unpaired) electrons. The van der Waals surface area contributed by atoms with Crippen LogP contribution in [0.2, 0.25) is 0 Å².